The summed E-state index contributed by atoms with van der Waals surface area (Å²) >= 11 is 6.36. The summed E-state index contributed by atoms with van der Waals surface area (Å²) in [5.41, 5.74) is 2.65. The maximum absolute atomic E-state index is 13.4. The van der Waals surface area contributed by atoms with E-state index in [1.165, 1.54) is 18.2 Å². The number of nitrogens with one attached hydrogen (secondary N) is 2. The Bertz CT molecular complexity index is 1330. The fourth-order valence-corrected chi connectivity index (χ4v) is 3.56. The maximum Gasteiger partial charge on any atom is 0.586 e. The largest absolute Gasteiger partial charge is 0.586 e. The second-order valence-electron chi connectivity index (χ2n) is 6.96. The van der Waals surface area contributed by atoms with Crippen LogP contribution >= 0.6 is 11.6 Å². The normalized spacial score (nSPS) is 13.7. The summed E-state index contributed by atoms with van der Waals surface area (Å²) in [6.45, 7) is 0. The summed E-state index contributed by atoms with van der Waals surface area (Å²) in [4.78, 5) is 20.4. The highest BCUT2D eigenvalue weighted by Crippen LogP contribution is 2.43. The number of hydrogen-bond acceptors (Lipinski definition) is 4. The molecule has 1 amide bonds. The molecule has 0 saturated heterocycles. The van der Waals surface area contributed by atoms with E-state index in [1.807, 2.05) is 30.3 Å². The number of H-pyrrole nitrogens is 1. The van der Waals surface area contributed by atoms with E-state index in [0.717, 1.165) is 11.3 Å². The molecule has 0 fully saturated rings. The number of benzene rings is 3. The second-order valence-corrected chi connectivity index (χ2v) is 7.37. The van der Waals surface area contributed by atoms with Gasteiger partial charge in [-0.05, 0) is 35.9 Å². The number of ether oxygens (including phenoxy) is 2. The van der Waals surface area contributed by atoms with Crippen molar-refractivity contribution in [2.24, 2.45) is 0 Å². The van der Waals surface area contributed by atoms with E-state index in [2.05, 4.69) is 24.8 Å². The standard InChI is InChI=1S/C23H14ClF2N3O3/c24-17-10-9-14(11-16(17)21-27-12-18(29-21)13-5-2-1-3-6-13)28-22(30)15-7-4-8-19-20(15)32-23(25,26)31-19/h1-12H,(H,27,29)(H,28,30). The fraction of sp³-hybridized carbons (Fsp3) is 0.0435. The van der Waals surface area contributed by atoms with E-state index in [4.69, 9.17) is 11.6 Å². The van der Waals surface area contributed by atoms with Gasteiger partial charge in [-0.15, -0.1) is 8.78 Å². The summed E-state index contributed by atoms with van der Waals surface area (Å²) in [6, 6.07) is 18.6. The van der Waals surface area contributed by atoms with Gasteiger partial charge in [0.2, 0.25) is 0 Å². The maximum atomic E-state index is 13.4. The van der Waals surface area contributed by atoms with E-state index in [0.29, 0.717) is 22.1 Å². The number of alkyl halides is 2. The average Bonchev–Trinajstić information content (AvgIpc) is 3.38. The molecule has 0 atom stereocenters. The minimum Gasteiger partial charge on any atom is -0.395 e. The zero-order valence-corrected chi connectivity index (χ0v) is 17.0. The van der Waals surface area contributed by atoms with E-state index in [-0.39, 0.29) is 17.1 Å². The minimum absolute atomic E-state index is 0.0828. The highest BCUT2D eigenvalue weighted by Gasteiger charge is 2.45. The van der Waals surface area contributed by atoms with Gasteiger partial charge >= 0.3 is 6.29 Å². The monoisotopic (exact) mass is 453 g/mol. The molecule has 0 bridgehead atoms. The number of para-hydroxylation sites is 1. The van der Waals surface area contributed by atoms with Crippen molar-refractivity contribution in [3.8, 4) is 34.1 Å². The van der Waals surface area contributed by atoms with E-state index in [1.54, 1.807) is 24.4 Å². The Morgan fingerprint density at radius 1 is 1.03 bits per heavy atom. The number of carbonyl (C=O) groups excluding carboxylic acids is 1. The Labute approximate surface area is 185 Å². The van der Waals surface area contributed by atoms with Crippen LogP contribution in [0.25, 0.3) is 22.6 Å². The number of anilines is 1. The number of aromatic nitrogens is 2. The quantitative estimate of drug-likeness (QED) is 0.399. The molecule has 4 aromatic rings. The molecule has 3 aromatic carbocycles. The number of carbonyl (C=O) groups is 1. The number of hydrogen-bond donors (Lipinski definition) is 2. The van der Waals surface area contributed by atoms with Crippen LogP contribution in [-0.2, 0) is 0 Å². The van der Waals surface area contributed by atoms with Crippen LogP contribution in [-0.4, -0.2) is 22.2 Å². The SMILES string of the molecule is O=C(Nc1ccc(Cl)c(-c2ncc(-c3ccccc3)[nH]2)c1)c1cccc2c1OC(F)(F)O2. The number of rotatable bonds is 4. The molecule has 5 rings (SSSR count). The molecule has 160 valence electrons. The smallest absolute Gasteiger partial charge is 0.395 e. The van der Waals surface area contributed by atoms with Crippen LogP contribution in [0.5, 0.6) is 11.5 Å². The Hall–Kier alpha value is -3.91. The van der Waals surface area contributed by atoms with Crippen molar-refractivity contribution >= 4 is 23.2 Å². The lowest BCUT2D eigenvalue weighted by Gasteiger charge is -2.10. The van der Waals surface area contributed by atoms with Gasteiger partial charge in [0.15, 0.2) is 11.5 Å². The van der Waals surface area contributed by atoms with Crippen LogP contribution in [0.1, 0.15) is 10.4 Å². The van der Waals surface area contributed by atoms with Crippen molar-refractivity contribution < 1.29 is 23.0 Å². The van der Waals surface area contributed by atoms with Gasteiger partial charge in [-0.3, -0.25) is 4.79 Å². The molecule has 2 N–H and O–H groups in total. The van der Waals surface area contributed by atoms with E-state index >= 15 is 0 Å². The van der Waals surface area contributed by atoms with Gasteiger partial charge in [0.1, 0.15) is 5.82 Å². The van der Waals surface area contributed by atoms with Crippen molar-refractivity contribution in [2.45, 2.75) is 6.29 Å². The first-order valence-electron chi connectivity index (χ1n) is 9.50. The first-order chi connectivity index (χ1) is 15.4. The predicted octanol–water partition coefficient (Wildman–Crippen LogP) is 5.97. The summed E-state index contributed by atoms with van der Waals surface area (Å²) in [6.07, 6.45) is -2.13. The summed E-state index contributed by atoms with van der Waals surface area (Å²) in [7, 11) is 0. The second kappa shape index (κ2) is 7.65. The molecule has 9 heteroatoms. The zero-order valence-electron chi connectivity index (χ0n) is 16.2. The number of nitrogens with zero attached hydrogens (tertiary/aromatic N) is 1. The van der Waals surface area contributed by atoms with Gasteiger partial charge < -0.3 is 19.8 Å². The first-order valence-corrected chi connectivity index (χ1v) is 9.88. The first kappa shape index (κ1) is 20.0. The van der Waals surface area contributed by atoms with Gasteiger partial charge in [-0.2, -0.15) is 0 Å². The summed E-state index contributed by atoms with van der Waals surface area (Å²) in [5, 5.41) is 3.10. The van der Waals surface area contributed by atoms with Crippen molar-refractivity contribution in [2.75, 3.05) is 5.32 Å². The van der Waals surface area contributed by atoms with E-state index in [9.17, 15) is 13.6 Å². The van der Waals surface area contributed by atoms with Gasteiger partial charge in [0.25, 0.3) is 5.91 Å². The van der Waals surface area contributed by atoms with Gasteiger partial charge in [-0.1, -0.05) is 48.0 Å². The van der Waals surface area contributed by atoms with Crippen LogP contribution in [0.4, 0.5) is 14.5 Å². The molecule has 1 aliphatic heterocycles. The van der Waals surface area contributed by atoms with Crippen molar-refractivity contribution in [3.63, 3.8) is 0 Å². The van der Waals surface area contributed by atoms with Crippen LogP contribution in [0.15, 0.2) is 72.9 Å². The third-order valence-corrected chi connectivity index (χ3v) is 5.14. The number of imidazole rings is 1. The molecule has 2 heterocycles. The molecule has 1 aromatic heterocycles. The average molecular weight is 454 g/mol. The lowest BCUT2D eigenvalue weighted by molar-refractivity contribution is -0.286. The number of halogens is 3. The van der Waals surface area contributed by atoms with Crippen molar-refractivity contribution in [3.05, 3.63) is 83.5 Å². The van der Waals surface area contributed by atoms with Gasteiger partial charge in [-0.25, -0.2) is 4.98 Å². The molecule has 1 aliphatic rings. The Morgan fingerprint density at radius 2 is 1.84 bits per heavy atom. The van der Waals surface area contributed by atoms with Crippen molar-refractivity contribution in [1.29, 1.82) is 0 Å². The molecule has 32 heavy (non-hydrogen) atoms. The van der Waals surface area contributed by atoms with Crippen LogP contribution in [0.3, 0.4) is 0 Å². The molecule has 0 radical (unpaired) electrons. The Morgan fingerprint density at radius 3 is 2.66 bits per heavy atom. The van der Waals surface area contributed by atoms with Crippen LogP contribution < -0.4 is 14.8 Å². The van der Waals surface area contributed by atoms with E-state index < -0.39 is 12.2 Å². The minimum atomic E-state index is -3.82. The predicted molar refractivity (Wildman–Crippen MR) is 115 cm³/mol. The summed E-state index contributed by atoms with van der Waals surface area (Å²) < 4.78 is 35.7. The molecular weight excluding hydrogens is 440 g/mol. The molecule has 0 spiro atoms. The van der Waals surface area contributed by atoms with Crippen LogP contribution in [0, 0.1) is 0 Å². The zero-order chi connectivity index (χ0) is 22.3. The number of amides is 1. The molecule has 6 nitrogen and oxygen atoms in total. The lowest BCUT2D eigenvalue weighted by Crippen LogP contribution is -2.26. The Balaban J connectivity index is 1.42. The summed E-state index contributed by atoms with van der Waals surface area (Å²) in [5.74, 6) is -0.644. The highest BCUT2D eigenvalue weighted by molar-refractivity contribution is 6.33. The molecule has 0 aliphatic carbocycles. The molecular formula is C23H14ClF2N3O3. The fourth-order valence-electron chi connectivity index (χ4n) is 3.35. The van der Waals surface area contributed by atoms with Gasteiger partial charge in [0.05, 0.1) is 22.5 Å². The lowest BCUT2D eigenvalue weighted by atomic mass is 10.1. The van der Waals surface area contributed by atoms with Gasteiger partial charge in [0, 0.05) is 11.3 Å². The third-order valence-electron chi connectivity index (χ3n) is 4.81. The Kier molecular flexibility index (Phi) is 4.79. The number of fused-ring (bicyclic) bond motifs is 1. The van der Waals surface area contributed by atoms with Crippen LogP contribution in [0.2, 0.25) is 5.02 Å². The molecule has 0 unspecified atom stereocenters. The number of aromatic amines is 1. The molecule has 0 saturated carbocycles. The van der Waals surface area contributed by atoms with Crippen molar-refractivity contribution in [1.82, 2.24) is 9.97 Å². The topological polar surface area (TPSA) is 76.2 Å². The highest BCUT2D eigenvalue weighted by atomic mass is 35.5. The third kappa shape index (κ3) is 3.76.